The predicted molar refractivity (Wildman–Crippen MR) is 91.7 cm³/mol. The topological polar surface area (TPSA) is 38.3 Å². The van der Waals surface area contributed by atoms with Crippen LogP contribution in [-0.2, 0) is 11.2 Å². The van der Waals surface area contributed by atoms with Crippen LogP contribution < -0.4 is 10.1 Å². The van der Waals surface area contributed by atoms with Gasteiger partial charge in [0.1, 0.15) is 5.75 Å². The molecule has 0 heterocycles. The number of amides is 1. The fourth-order valence-electron chi connectivity index (χ4n) is 3.14. The zero-order chi connectivity index (χ0) is 15.9. The lowest BCUT2D eigenvalue weighted by molar-refractivity contribution is -0.122. The van der Waals surface area contributed by atoms with E-state index in [9.17, 15) is 4.79 Å². The van der Waals surface area contributed by atoms with E-state index in [1.54, 1.807) is 0 Å². The van der Waals surface area contributed by atoms with Gasteiger partial charge in [0.05, 0.1) is 12.5 Å². The molecule has 23 heavy (non-hydrogen) atoms. The van der Waals surface area contributed by atoms with Gasteiger partial charge in [0.15, 0.2) is 0 Å². The number of carbonyl (C=O) groups is 1. The summed E-state index contributed by atoms with van der Waals surface area (Å²) in [6, 6.07) is 18.1. The first-order valence-corrected chi connectivity index (χ1v) is 8.38. The molecule has 1 atom stereocenters. The summed E-state index contributed by atoms with van der Waals surface area (Å²) in [5.74, 6) is 1.03. The smallest absolute Gasteiger partial charge is 0.227 e. The molecule has 0 unspecified atom stereocenters. The highest BCUT2D eigenvalue weighted by Crippen LogP contribution is 2.31. The summed E-state index contributed by atoms with van der Waals surface area (Å²) in [7, 11) is 0. The molecule has 3 heteroatoms. The van der Waals surface area contributed by atoms with Crippen molar-refractivity contribution in [2.24, 2.45) is 0 Å². The Balaban J connectivity index is 1.43. The lowest BCUT2D eigenvalue weighted by atomic mass is 9.82. The van der Waals surface area contributed by atoms with Crippen molar-refractivity contribution in [1.82, 2.24) is 5.32 Å². The van der Waals surface area contributed by atoms with E-state index in [0.29, 0.717) is 13.2 Å². The minimum Gasteiger partial charge on any atom is -0.494 e. The van der Waals surface area contributed by atoms with E-state index < -0.39 is 0 Å². The molecule has 1 amide bonds. The Morgan fingerprint density at radius 2 is 1.87 bits per heavy atom. The molecular formula is C20H23NO2. The number of benzene rings is 2. The number of rotatable bonds is 6. The van der Waals surface area contributed by atoms with E-state index in [-0.39, 0.29) is 11.8 Å². The van der Waals surface area contributed by atoms with Crippen molar-refractivity contribution in [1.29, 1.82) is 0 Å². The molecule has 0 saturated carbocycles. The van der Waals surface area contributed by atoms with Gasteiger partial charge in [-0.2, -0.15) is 0 Å². The van der Waals surface area contributed by atoms with Crippen LogP contribution >= 0.6 is 0 Å². The summed E-state index contributed by atoms with van der Waals surface area (Å²) in [4.78, 5) is 12.4. The lowest BCUT2D eigenvalue weighted by Crippen LogP contribution is -2.32. The van der Waals surface area contributed by atoms with Gasteiger partial charge in [-0.05, 0) is 48.9 Å². The molecule has 2 aromatic rings. The second kappa shape index (κ2) is 7.82. The number of nitrogens with one attached hydrogen (secondary N) is 1. The quantitative estimate of drug-likeness (QED) is 0.826. The average molecular weight is 309 g/mol. The van der Waals surface area contributed by atoms with Crippen molar-refractivity contribution in [3.05, 3.63) is 65.7 Å². The molecule has 3 rings (SSSR count). The number of hydrogen-bond donors (Lipinski definition) is 1. The SMILES string of the molecule is O=C(NCCCOc1ccccc1)[C@H]1CCCc2ccccc21. The molecule has 1 aliphatic carbocycles. The van der Waals surface area contributed by atoms with Crippen molar-refractivity contribution < 1.29 is 9.53 Å². The molecule has 2 aromatic carbocycles. The summed E-state index contributed by atoms with van der Waals surface area (Å²) >= 11 is 0. The van der Waals surface area contributed by atoms with E-state index >= 15 is 0 Å². The molecule has 0 aromatic heterocycles. The van der Waals surface area contributed by atoms with Gasteiger partial charge in [-0.25, -0.2) is 0 Å². The third kappa shape index (κ3) is 4.13. The second-order valence-electron chi connectivity index (χ2n) is 5.95. The van der Waals surface area contributed by atoms with Gasteiger partial charge >= 0.3 is 0 Å². The van der Waals surface area contributed by atoms with Gasteiger partial charge < -0.3 is 10.1 Å². The zero-order valence-corrected chi connectivity index (χ0v) is 13.3. The average Bonchev–Trinajstić information content (AvgIpc) is 2.61. The summed E-state index contributed by atoms with van der Waals surface area (Å²) < 4.78 is 5.64. The summed E-state index contributed by atoms with van der Waals surface area (Å²) in [5, 5.41) is 3.06. The summed E-state index contributed by atoms with van der Waals surface area (Å²) in [6.45, 7) is 1.27. The van der Waals surface area contributed by atoms with Crippen LogP contribution in [-0.4, -0.2) is 19.1 Å². The summed E-state index contributed by atoms with van der Waals surface area (Å²) in [6.07, 6.45) is 3.94. The molecule has 120 valence electrons. The Morgan fingerprint density at radius 1 is 1.09 bits per heavy atom. The number of fused-ring (bicyclic) bond motifs is 1. The molecule has 0 aliphatic heterocycles. The molecule has 0 radical (unpaired) electrons. The highest BCUT2D eigenvalue weighted by molar-refractivity contribution is 5.84. The molecule has 3 nitrogen and oxygen atoms in total. The number of hydrogen-bond acceptors (Lipinski definition) is 2. The maximum Gasteiger partial charge on any atom is 0.227 e. The molecule has 1 aliphatic rings. The first-order valence-electron chi connectivity index (χ1n) is 8.38. The van der Waals surface area contributed by atoms with Crippen LogP contribution in [0.1, 0.15) is 36.3 Å². The van der Waals surface area contributed by atoms with Crippen LogP contribution in [0.15, 0.2) is 54.6 Å². The standard InChI is InChI=1S/C20H23NO2/c22-20(19-13-6-9-16-8-4-5-12-18(16)19)21-14-7-15-23-17-10-2-1-3-11-17/h1-5,8,10-12,19H,6-7,9,13-15H2,(H,21,22)/t19-/m0/s1. The van der Waals surface area contributed by atoms with Crippen molar-refractivity contribution >= 4 is 5.91 Å². The fourth-order valence-corrected chi connectivity index (χ4v) is 3.14. The van der Waals surface area contributed by atoms with E-state index in [1.165, 1.54) is 11.1 Å². The van der Waals surface area contributed by atoms with Gasteiger partial charge in [-0.1, -0.05) is 42.5 Å². The predicted octanol–water partition coefficient (Wildman–Crippen LogP) is 3.69. The highest BCUT2D eigenvalue weighted by Gasteiger charge is 2.25. The van der Waals surface area contributed by atoms with Crippen LogP contribution in [0.4, 0.5) is 0 Å². The van der Waals surface area contributed by atoms with Gasteiger partial charge in [-0.15, -0.1) is 0 Å². The van der Waals surface area contributed by atoms with E-state index in [2.05, 4.69) is 23.5 Å². The van der Waals surface area contributed by atoms with Crippen LogP contribution in [0.5, 0.6) is 5.75 Å². The Kier molecular flexibility index (Phi) is 5.30. The van der Waals surface area contributed by atoms with E-state index in [0.717, 1.165) is 31.4 Å². The lowest BCUT2D eigenvalue weighted by Gasteiger charge is -2.24. The number of para-hydroxylation sites is 1. The first kappa shape index (κ1) is 15.6. The number of ether oxygens (including phenoxy) is 1. The number of carbonyl (C=O) groups excluding carboxylic acids is 1. The van der Waals surface area contributed by atoms with Crippen LogP contribution in [0, 0.1) is 0 Å². The molecular weight excluding hydrogens is 286 g/mol. The summed E-state index contributed by atoms with van der Waals surface area (Å²) in [5.41, 5.74) is 2.53. The third-order valence-electron chi connectivity index (χ3n) is 4.32. The minimum atomic E-state index is 0.00925. The van der Waals surface area contributed by atoms with Crippen molar-refractivity contribution in [2.45, 2.75) is 31.6 Å². The molecule has 0 fully saturated rings. The maximum atomic E-state index is 12.4. The number of aryl methyl sites for hydroxylation is 1. The second-order valence-corrected chi connectivity index (χ2v) is 5.95. The van der Waals surface area contributed by atoms with Gasteiger partial charge in [-0.3, -0.25) is 4.79 Å². The largest absolute Gasteiger partial charge is 0.494 e. The normalized spacial score (nSPS) is 16.4. The maximum absolute atomic E-state index is 12.4. The zero-order valence-electron chi connectivity index (χ0n) is 13.3. The Bertz CT molecular complexity index is 639. The molecule has 0 spiro atoms. The molecule has 0 saturated heterocycles. The Morgan fingerprint density at radius 3 is 2.74 bits per heavy atom. The Labute approximate surface area is 137 Å². The molecule has 0 bridgehead atoms. The molecule has 1 N–H and O–H groups in total. The van der Waals surface area contributed by atoms with Crippen molar-refractivity contribution in [3.63, 3.8) is 0 Å². The van der Waals surface area contributed by atoms with Crippen molar-refractivity contribution in [2.75, 3.05) is 13.2 Å². The third-order valence-corrected chi connectivity index (χ3v) is 4.32. The van der Waals surface area contributed by atoms with Gasteiger partial charge in [0.2, 0.25) is 5.91 Å². The minimum absolute atomic E-state index is 0.00925. The first-order chi connectivity index (χ1) is 11.3. The highest BCUT2D eigenvalue weighted by atomic mass is 16.5. The fraction of sp³-hybridized carbons (Fsp3) is 0.350. The van der Waals surface area contributed by atoms with Crippen LogP contribution in [0.2, 0.25) is 0 Å². The van der Waals surface area contributed by atoms with E-state index in [4.69, 9.17) is 4.74 Å². The van der Waals surface area contributed by atoms with Crippen LogP contribution in [0.25, 0.3) is 0 Å². The monoisotopic (exact) mass is 309 g/mol. The van der Waals surface area contributed by atoms with Gasteiger partial charge in [0, 0.05) is 6.54 Å². The van der Waals surface area contributed by atoms with Crippen LogP contribution in [0.3, 0.4) is 0 Å². The van der Waals surface area contributed by atoms with Gasteiger partial charge in [0.25, 0.3) is 0 Å². The Hall–Kier alpha value is -2.29. The van der Waals surface area contributed by atoms with Crippen molar-refractivity contribution in [3.8, 4) is 5.75 Å². The van der Waals surface area contributed by atoms with E-state index in [1.807, 2.05) is 36.4 Å².